The molecule has 0 amide bonds. The molecule has 4 heteroatoms. The van der Waals surface area contributed by atoms with Crippen molar-refractivity contribution in [3.63, 3.8) is 0 Å². The van der Waals surface area contributed by atoms with Gasteiger partial charge in [-0.25, -0.2) is 8.78 Å². The third-order valence-electron chi connectivity index (χ3n) is 4.56. The molecule has 3 aromatic carbocycles. The van der Waals surface area contributed by atoms with Crippen LogP contribution >= 0.6 is 11.6 Å². The first-order chi connectivity index (χ1) is 13.5. The molecule has 0 aliphatic heterocycles. The molecule has 3 aromatic rings. The highest BCUT2D eigenvalue weighted by Crippen LogP contribution is 2.39. The average molecular weight is 397 g/mol. The van der Waals surface area contributed by atoms with Gasteiger partial charge in [0.25, 0.3) is 0 Å². The first-order valence-electron chi connectivity index (χ1n) is 8.85. The Bertz CT molecular complexity index is 1030. The van der Waals surface area contributed by atoms with Crippen molar-refractivity contribution < 1.29 is 13.9 Å². The molecule has 0 unspecified atom stereocenters. The third-order valence-corrected chi connectivity index (χ3v) is 4.89. The highest BCUT2D eigenvalue weighted by Gasteiger charge is 2.21. The number of rotatable bonds is 5. The third kappa shape index (κ3) is 3.85. The lowest BCUT2D eigenvalue weighted by Crippen LogP contribution is -2.02. The highest BCUT2D eigenvalue weighted by atomic mass is 35.5. The lowest BCUT2D eigenvalue weighted by atomic mass is 9.87. The Kier molecular flexibility index (Phi) is 5.96. The molecule has 0 saturated heterocycles. The van der Waals surface area contributed by atoms with Crippen molar-refractivity contribution in [1.82, 2.24) is 0 Å². The van der Waals surface area contributed by atoms with Crippen LogP contribution in [0.15, 0.2) is 67.2 Å². The summed E-state index contributed by atoms with van der Waals surface area (Å²) in [6.45, 7) is 5.49. The Morgan fingerprint density at radius 3 is 2.18 bits per heavy atom. The van der Waals surface area contributed by atoms with Gasteiger partial charge in [-0.05, 0) is 64.6 Å². The largest absolute Gasteiger partial charge is 0.508 e. The number of aromatic hydroxyl groups is 1. The molecule has 0 atom stereocenters. The van der Waals surface area contributed by atoms with Gasteiger partial charge in [0.1, 0.15) is 17.4 Å². The van der Waals surface area contributed by atoms with Crippen LogP contribution in [-0.4, -0.2) is 5.11 Å². The van der Waals surface area contributed by atoms with E-state index in [-0.39, 0.29) is 11.3 Å². The second-order valence-corrected chi connectivity index (χ2v) is 6.70. The van der Waals surface area contributed by atoms with Gasteiger partial charge in [0, 0.05) is 5.02 Å². The summed E-state index contributed by atoms with van der Waals surface area (Å²) in [5.41, 5.74) is 2.63. The summed E-state index contributed by atoms with van der Waals surface area (Å²) in [6, 6.07) is 16.0. The maximum absolute atomic E-state index is 15.0. The zero-order valence-electron chi connectivity index (χ0n) is 15.3. The number of benzene rings is 3. The summed E-state index contributed by atoms with van der Waals surface area (Å²) >= 11 is 6.39. The van der Waals surface area contributed by atoms with Crippen LogP contribution in [0.3, 0.4) is 0 Å². The van der Waals surface area contributed by atoms with Crippen LogP contribution < -0.4 is 0 Å². The molecular formula is C24H19ClF2O. The fraction of sp³-hybridized carbons (Fsp3) is 0.0833. The Labute approximate surface area is 168 Å². The zero-order chi connectivity index (χ0) is 20.3. The Morgan fingerprint density at radius 2 is 1.64 bits per heavy atom. The Hall–Kier alpha value is -2.91. The number of hydrogen-bond donors (Lipinski definition) is 1. The molecule has 0 aromatic heterocycles. The standard InChI is InChI=1S/C24H19ClF2O/c1-3-15-13-21(26)24(22(27)14-15)23(16-9-11-17(28)12-10-16)18(4-2)19-7-5-6-8-20(19)25/h3,5-14,28H,1,4H2,2H3/b23-18-. The molecule has 142 valence electrons. The smallest absolute Gasteiger partial charge is 0.134 e. The lowest BCUT2D eigenvalue weighted by Gasteiger charge is -2.18. The molecule has 0 bridgehead atoms. The fourth-order valence-electron chi connectivity index (χ4n) is 3.25. The molecule has 0 aliphatic carbocycles. The average Bonchev–Trinajstić information content (AvgIpc) is 2.68. The van der Waals surface area contributed by atoms with Crippen molar-refractivity contribution >= 4 is 28.8 Å². The van der Waals surface area contributed by atoms with Gasteiger partial charge in [0.05, 0.1) is 5.56 Å². The molecule has 3 rings (SSSR count). The molecule has 1 nitrogen and oxygen atoms in total. The van der Waals surface area contributed by atoms with Crippen molar-refractivity contribution in [3.05, 3.63) is 106 Å². The van der Waals surface area contributed by atoms with E-state index in [9.17, 15) is 5.11 Å². The topological polar surface area (TPSA) is 20.2 Å². The van der Waals surface area contributed by atoms with Gasteiger partial charge < -0.3 is 5.11 Å². The summed E-state index contributed by atoms with van der Waals surface area (Å²) in [5, 5.41) is 10.1. The number of phenolic OH excluding ortho intramolecular Hbond substituents is 1. The number of hydrogen-bond acceptors (Lipinski definition) is 1. The molecule has 0 heterocycles. The molecule has 1 N–H and O–H groups in total. The van der Waals surface area contributed by atoms with Crippen molar-refractivity contribution in [1.29, 1.82) is 0 Å². The second kappa shape index (κ2) is 8.41. The van der Waals surface area contributed by atoms with E-state index in [0.717, 1.165) is 0 Å². The summed E-state index contributed by atoms with van der Waals surface area (Å²) < 4.78 is 30.0. The van der Waals surface area contributed by atoms with Gasteiger partial charge in [-0.15, -0.1) is 0 Å². The first kappa shape index (κ1) is 19.8. The lowest BCUT2D eigenvalue weighted by molar-refractivity contribution is 0.475. The van der Waals surface area contributed by atoms with Gasteiger partial charge in [0.2, 0.25) is 0 Å². The van der Waals surface area contributed by atoms with Crippen molar-refractivity contribution in [2.45, 2.75) is 13.3 Å². The van der Waals surface area contributed by atoms with Crippen molar-refractivity contribution in [2.75, 3.05) is 0 Å². The van der Waals surface area contributed by atoms with Crippen LogP contribution in [-0.2, 0) is 0 Å². The van der Waals surface area contributed by atoms with E-state index in [1.807, 2.05) is 19.1 Å². The highest BCUT2D eigenvalue weighted by molar-refractivity contribution is 6.32. The van der Waals surface area contributed by atoms with Crippen molar-refractivity contribution in [2.24, 2.45) is 0 Å². The van der Waals surface area contributed by atoms with E-state index in [4.69, 9.17) is 11.6 Å². The minimum atomic E-state index is -0.684. The zero-order valence-corrected chi connectivity index (χ0v) is 16.1. The van der Waals surface area contributed by atoms with E-state index in [0.29, 0.717) is 39.3 Å². The predicted molar refractivity (Wildman–Crippen MR) is 112 cm³/mol. The number of phenols is 1. The van der Waals surface area contributed by atoms with Crippen LogP contribution in [0.2, 0.25) is 5.02 Å². The fourth-order valence-corrected chi connectivity index (χ4v) is 3.50. The SMILES string of the molecule is C=Cc1cc(F)c(/C(=C(/CC)c2ccccc2Cl)c2ccc(O)cc2)c(F)c1. The quantitative estimate of drug-likeness (QED) is 0.447. The van der Waals surface area contributed by atoms with E-state index >= 15 is 8.78 Å². The van der Waals surface area contributed by atoms with Gasteiger partial charge in [-0.3, -0.25) is 0 Å². The molecule has 28 heavy (non-hydrogen) atoms. The van der Waals surface area contributed by atoms with Crippen molar-refractivity contribution in [3.8, 4) is 5.75 Å². The van der Waals surface area contributed by atoms with Crippen LogP contribution in [0.1, 0.15) is 35.6 Å². The van der Waals surface area contributed by atoms with Crippen LogP contribution in [0, 0.1) is 11.6 Å². The summed E-state index contributed by atoms with van der Waals surface area (Å²) in [7, 11) is 0. The minimum Gasteiger partial charge on any atom is -0.508 e. The van der Waals surface area contributed by atoms with Gasteiger partial charge in [-0.1, -0.05) is 61.5 Å². The van der Waals surface area contributed by atoms with E-state index in [1.165, 1.54) is 30.3 Å². The van der Waals surface area contributed by atoms with Gasteiger partial charge in [-0.2, -0.15) is 0 Å². The van der Waals surface area contributed by atoms with Crippen LogP contribution in [0.5, 0.6) is 5.75 Å². The van der Waals surface area contributed by atoms with Crippen LogP contribution in [0.25, 0.3) is 17.2 Å². The number of halogens is 3. The number of allylic oxidation sites excluding steroid dienone is 1. The maximum atomic E-state index is 15.0. The first-order valence-corrected chi connectivity index (χ1v) is 9.23. The molecule has 0 spiro atoms. The summed E-state index contributed by atoms with van der Waals surface area (Å²) in [5.74, 6) is -1.30. The monoisotopic (exact) mass is 396 g/mol. The summed E-state index contributed by atoms with van der Waals surface area (Å²) in [4.78, 5) is 0. The molecule has 0 saturated carbocycles. The molecule has 0 fully saturated rings. The summed E-state index contributed by atoms with van der Waals surface area (Å²) in [6.07, 6.45) is 1.90. The van der Waals surface area contributed by atoms with E-state index in [1.54, 1.807) is 24.3 Å². The molecular weight excluding hydrogens is 378 g/mol. The second-order valence-electron chi connectivity index (χ2n) is 6.30. The van der Waals surface area contributed by atoms with Gasteiger partial charge in [0.15, 0.2) is 0 Å². The normalized spacial score (nSPS) is 11.9. The Morgan fingerprint density at radius 1 is 1.04 bits per heavy atom. The van der Waals surface area contributed by atoms with E-state index < -0.39 is 11.6 Å². The predicted octanol–water partition coefficient (Wildman–Crippen LogP) is 7.34. The van der Waals surface area contributed by atoms with E-state index in [2.05, 4.69) is 6.58 Å². The Balaban J connectivity index is 2.41. The van der Waals surface area contributed by atoms with Crippen LogP contribution in [0.4, 0.5) is 8.78 Å². The maximum Gasteiger partial charge on any atom is 0.134 e. The molecule has 0 radical (unpaired) electrons. The molecule has 0 aliphatic rings. The van der Waals surface area contributed by atoms with Gasteiger partial charge >= 0.3 is 0 Å². The minimum absolute atomic E-state index is 0.0711.